The number of benzene rings is 1. The van der Waals surface area contributed by atoms with Gasteiger partial charge in [0.25, 0.3) is 6.43 Å². The number of carbonyl (C=O) groups is 2. The van der Waals surface area contributed by atoms with Crippen LogP contribution in [0.3, 0.4) is 0 Å². The highest BCUT2D eigenvalue weighted by Crippen LogP contribution is 2.30. The van der Waals surface area contributed by atoms with Crippen LogP contribution in [0.2, 0.25) is 0 Å². The van der Waals surface area contributed by atoms with Gasteiger partial charge in [-0.05, 0) is 45.9 Å². The normalized spacial score (nSPS) is 13.8. The van der Waals surface area contributed by atoms with Crippen LogP contribution in [0, 0.1) is 5.82 Å². The van der Waals surface area contributed by atoms with Crippen LogP contribution in [0.15, 0.2) is 28.9 Å². The number of halogens is 4. The number of carbonyl (C=O) groups excluding carboxylic acids is 1. The van der Waals surface area contributed by atoms with Crippen molar-refractivity contribution in [2.75, 3.05) is 0 Å². The summed E-state index contributed by atoms with van der Waals surface area (Å²) in [6, 6.07) is 4.00. The van der Waals surface area contributed by atoms with Gasteiger partial charge in [0.15, 0.2) is 0 Å². The predicted molar refractivity (Wildman–Crippen MR) is 105 cm³/mol. The molecular formula is C19H21BrF3N3O4. The van der Waals surface area contributed by atoms with E-state index in [0.717, 1.165) is 16.8 Å². The van der Waals surface area contributed by atoms with Crippen LogP contribution in [-0.2, 0) is 16.8 Å². The second kappa shape index (κ2) is 8.66. The number of amides is 1. The number of nitrogens with zero attached hydrogens (tertiary/aromatic N) is 2. The lowest BCUT2D eigenvalue weighted by Gasteiger charge is -2.33. The third-order valence-corrected chi connectivity index (χ3v) is 4.49. The van der Waals surface area contributed by atoms with Crippen molar-refractivity contribution in [1.82, 2.24) is 14.9 Å². The van der Waals surface area contributed by atoms with Crippen LogP contribution in [0.5, 0.6) is 0 Å². The molecule has 0 saturated carbocycles. The van der Waals surface area contributed by atoms with Crippen molar-refractivity contribution in [2.24, 2.45) is 0 Å². The lowest BCUT2D eigenvalue weighted by atomic mass is 9.91. The highest BCUT2D eigenvalue weighted by Gasteiger charge is 2.36. The Labute approximate surface area is 179 Å². The largest absolute Gasteiger partial charge is 0.475 e. The van der Waals surface area contributed by atoms with Gasteiger partial charge in [-0.3, -0.25) is 0 Å². The highest BCUT2D eigenvalue weighted by molar-refractivity contribution is 9.10. The molecule has 11 heteroatoms. The summed E-state index contributed by atoms with van der Waals surface area (Å²) in [5.74, 6) is -2.91. The van der Waals surface area contributed by atoms with Gasteiger partial charge in [0.2, 0.25) is 5.82 Å². The monoisotopic (exact) mass is 491 g/mol. The smallest absolute Gasteiger partial charge is 0.408 e. The van der Waals surface area contributed by atoms with Crippen molar-refractivity contribution in [1.29, 1.82) is 0 Å². The second-order valence-corrected chi connectivity index (χ2v) is 8.72. The van der Waals surface area contributed by atoms with Gasteiger partial charge in [0.05, 0.1) is 12.1 Å². The van der Waals surface area contributed by atoms with Crippen molar-refractivity contribution in [3.63, 3.8) is 0 Å². The van der Waals surface area contributed by atoms with Gasteiger partial charge in [-0.2, -0.15) is 0 Å². The molecule has 7 nitrogen and oxygen atoms in total. The number of alkyl halides is 2. The maximum absolute atomic E-state index is 14.7. The van der Waals surface area contributed by atoms with Gasteiger partial charge in [0, 0.05) is 16.2 Å². The molecule has 1 aromatic heterocycles. The molecule has 0 aliphatic carbocycles. The van der Waals surface area contributed by atoms with E-state index in [1.807, 2.05) is 0 Å². The quantitative estimate of drug-likeness (QED) is 0.601. The summed E-state index contributed by atoms with van der Waals surface area (Å²) in [5, 5.41) is 11.9. The Kier molecular flexibility index (Phi) is 6.85. The van der Waals surface area contributed by atoms with Crippen LogP contribution in [0.25, 0.3) is 0 Å². The van der Waals surface area contributed by atoms with Crippen LogP contribution >= 0.6 is 15.9 Å². The molecule has 2 rings (SSSR count). The minimum absolute atomic E-state index is 0.00799. The molecule has 0 radical (unpaired) electrons. The lowest BCUT2D eigenvalue weighted by molar-refractivity contribution is 0.0447. The van der Waals surface area contributed by atoms with E-state index < -0.39 is 53.5 Å². The first-order valence-corrected chi connectivity index (χ1v) is 9.56. The number of nitrogens with one attached hydrogen (secondary N) is 1. The Morgan fingerprint density at radius 1 is 1.30 bits per heavy atom. The van der Waals surface area contributed by atoms with Gasteiger partial charge in [-0.25, -0.2) is 27.7 Å². The summed E-state index contributed by atoms with van der Waals surface area (Å²) < 4.78 is 47.5. The van der Waals surface area contributed by atoms with Gasteiger partial charge < -0.3 is 19.7 Å². The average Bonchev–Trinajstić information content (AvgIpc) is 2.99. The Morgan fingerprint density at radius 3 is 2.47 bits per heavy atom. The molecule has 164 valence electrons. The van der Waals surface area contributed by atoms with Crippen LogP contribution in [-0.4, -0.2) is 32.3 Å². The number of alkyl carbamates (subject to hydrolysis) is 1. The van der Waals surface area contributed by atoms with Gasteiger partial charge in [-0.1, -0.05) is 15.9 Å². The molecule has 0 aliphatic heterocycles. The number of rotatable bonds is 6. The summed E-state index contributed by atoms with van der Waals surface area (Å²) in [6.07, 6.45) is -3.04. The number of imidazole rings is 1. The molecule has 1 amide bonds. The molecule has 1 aromatic carbocycles. The summed E-state index contributed by atoms with van der Waals surface area (Å²) in [6.45, 7) is 5.93. The first-order valence-electron chi connectivity index (χ1n) is 8.77. The van der Waals surface area contributed by atoms with E-state index in [1.165, 1.54) is 19.1 Å². The number of aromatic carboxylic acids is 1. The number of carboxylic acid groups (broad SMARTS) is 1. The molecule has 0 aliphatic rings. The lowest BCUT2D eigenvalue weighted by Crippen LogP contribution is -2.49. The zero-order chi connectivity index (χ0) is 22.9. The van der Waals surface area contributed by atoms with Crippen LogP contribution in [0.4, 0.5) is 18.0 Å². The average molecular weight is 492 g/mol. The van der Waals surface area contributed by atoms with Crippen molar-refractivity contribution < 1.29 is 32.6 Å². The Balaban J connectivity index is 2.56. The molecule has 30 heavy (non-hydrogen) atoms. The van der Waals surface area contributed by atoms with Gasteiger partial charge in [-0.15, -0.1) is 0 Å². The third-order valence-electron chi connectivity index (χ3n) is 4.00. The SMILES string of the molecule is CC(C)(C)OC(=O)NC(C)(Cn1cc(C(F)F)nc1C(=O)O)c1cc(Br)ccc1F. The maximum Gasteiger partial charge on any atom is 0.408 e. The summed E-state index contributed by atoms with van der Waals surface area (Å²) in [5.41, 5.74) is -3.18. The molecule has 2 N–H and O–H groups in total. The standard InChI is InChI=1S/C19H21BrF3N3O4/c1-18(2,3)30-17(29)25-19(4,11-7-10(20)5-6-12(11)21)9-26-8-13(14(22)23)24-15(26)16(27)28/h5-8,14H,9H2,1-4H3,(H,25,29)(H,27,28). The van der Waals surface area contributed by atoms with E-state index in [2.05, 4.69) is 26.2 Å². The van der Waals surface area contributed by atoms with Crippen LogP contribution < -0.4 is 5.32 Å². The van der Waals surface area contributed by atoms with E-state index in [-0.39, 0.29) is 5.56 Å². The minimum atomic E-state index is -3.00. The molecule has 2 aromatic rings. The fraction of sp³-hybridized carbons (Fsp3) is 0.421. The van der Waals surface area contributed by atoms with E-state index in [0.29, 0.717) is 4.47 Å². The van der Waals surface area contributed by atoms with E-state index >= 15 is 0 Å². The molecule has 0 saturated heterocycles. The maximum atomic E-state index is 14.7. The van der Waals surface area contributed by atoms with Crippen molar-refractivity contribution >= 4 is 28.0 Å². The number of aromatic nitrogens is 2. The Bertz CT molecular complexity index is 959. The number of carboxylic acids is 1. The predicted octanol–water partition coefficient (Wildman–Crippen LogP) is 4.86. The fourth-order valence-electron chi connectivity index (χ4n) is 2.81. The number of hydrogen-bond acceptors (Lipinski definition) is 4. The van der Waals surface area contributed by atoms with Gasteiger partial charge >= 0.3 is 12.1 Å². The second-order valence-electron chi connectivity index (χ2n) is 7.81. The molecule has 0 fully saturated rings. The highest BCUT2D eigenvalue weighted by atomic mass is 79.9. The topological polar surface area (TPSA) is 93.5 Å². The number of ether oxygens (including phenoxy) is 1. The fourth-order valence-corrected chi connectivity index (χ4v) is 3.18. The summed E-state index contributed by atoms with van der Waals surface area (Å²) >= 11 is 3.23. The molecule has 0 bridgehead atoms. The van der Waals surface area contributed by atoms with E-state index in [1.54, 1.807) is 20.8 Å². The molecular weight excluding hydrogens is 471 g/mol. The molecule has 1 atom stereocenters. The zero-order valence-corrected chi connectivity index (χ0v) is 18.3. The van der Waals surface area contributed by atoms with Crippen molar-refractivity contribution in [3.05, 3.63) is 51.8 Å². The zero-order valence-electron chi connectivity index (χ0n) is 16.7. The first-order chi connectivity index (χ1) is 13.7. The molecule has 1 heterocycles. The number of hydrogen-bond donors (Lipinski definition) is 2. The van der Waals surface area contributed by atoms with Gasteiger partial charge in [0.1, 0.15) is 17.1 Å². The Hall–Kier alpha value is -2.56. The minimum Gasteiger partial charge on any atom is -0.475 e. The first kappa shape index (κ1) is 23.7. The summed E-state index contributed by atoms with van der Waals surface area (Å²) in [7, 11) is 0. The van der Waals surface area contributed by atoms with Crippen molar-refractivity contribution in [2.45, 2.75) is 51.8 Å². The molecule has 1 unspecified atom stereocenters. The van der Waals surface area contributed by atoms with Crippen molar-refractivity contribution in [3.8, 4) is 0 Å². The third kappa shape index (κ3) is 5.74. The van der Waals surface area contributed by atoms with E-state index in [9.17, 15) is 27.9 Å². The van der Waals surface area contributed by atoms with E-state index in [4.69, 9.17) is 4.74 Å². The molecule has 0 spiro atoms. The summed E-state index contributed by atoms with van der Waals surface area (Å²) in [4.78, 5) is 27.4. The van der Waals surface area contributed by atoms with Crippen LogP contribution in [0.1, 0.15) is 56.0 Å². The Morgan fingerprint density at radius 2 is 1.93 bits per heavy atom.